The number of benzene rings is 1. The van der Waals surface area contributed by atoms with E-state index >= 15 is 0 Å². The first-order chi connectivity index (χ1) is 9.80. The lowest BCUT2D eigenvalue weighted by Gasteiger charge is -2.54. The standard InChI is InChI=1S/C19H26O2/c1-12-10-13-6-7-16-18(2,3)17(20)8-9-19(16,4)14(13)11-15(12)21-5/h6-7,10-11,16-17,20H,8-9H2,1-5H3/t16-,17-,19+/m1/s1. The fraction of sp³-hybridized carbons (Fsp3) is 0.579. The monoisotopic (exact) mass is 286 g/mol. The highest BCUT2D eigenvalue weighted by molar-refractivity contribution is 5.64. The predicted octanol–water partition coefficient (Wildman–Crippen LogP) is 4.09. The van der Waals surface area contributed by atoms with Crippen LogP contribution in [0.25, 0.3) is 6.08 Å². The molecule has 2 aliphatic rings. The molecule has 1 N–H and O–H groups in total. The van der Waals surface area contributed by atoms with Crippen LogP contribution in [0.4, 0.5) is 0 Å². The average Bonchev–Trinajstić information content (AvgIpc) is 2.43. The van der Waals surface area contributed by atoms with Crippen LogP contribution in [-0.2, 0) is 5.41 Å². The topological polar surface area (TPSA) is 29.5 Å². The Hall–Kier alpha value is -1.28. The second kappa shape index (κ2) is 4.61. The zero-order chi connectivity index (χ0) is 15.4. The summed E-state index contributed by atoms with van der Waals surface area (Å²) in [5.74, 6) is 1.32. The fourth-order valence-electron chi connectivity index (χ4n) is 4.52. The lowest BCUT2D eigenvalue weighted by Crippen LogP contribution is -2.52. The highest BCUT2D eigenvalue weighted by Crippen LogP contribution is 2.56. The Morgan fingerprint density at radius 3 is 2.62 bits per heavy atom. The predicted molar refractivity (Wildman–Crippen MR) is 86.6 cm³/mol. The van der Waals surface area contributed by atoms with E-state index in [9.17, 15) is 5.11 Å². The first-order valence-corrected chi connectivity index (χ1v) is 7.86. The Kier molecular flexibility index (Phi) is 3.21. The van der Waals surface area contributed by atoms with Crippen molar-refractivity contribution in [2.75, 3.05) is 7.11 Å². The molecule has 1 aromatic rings. The largest absolute Gasteiger partial charge is 0.496 e. The summed E-state index contributed by atoms with van der Waals surface area (Å²) in [7, 11) is 1.74. The number of aliphatic hydroxyl groups is 1. The van der Waals surface area contributed by atoms with Crippen molar-refractivity contribution in [2.24, 2.45) is 11.3 Å². The lowest BCUT2D eigenvalue weighted by atomic mass is 9.51. The molecule has 1 aromatic carbocycles. The highest BCUT2D eigenvalue weighted by atomic mass is 16.5. The van der Waals surface area contributed by atoms with Crippen molar-refractivity contribution in [2.45, 2.75) is 52.1 Å². The Morgan fingerprint density at radius 1 is 1.24 bits per heavy atom. The summed E-state index contributed by atoms with van der Waals surface area (Å²) in [6.45, 7) is 8.83. The zero-order valence-corrected chi connectivity index (χ0v) is 13.7. The molecule has 2 heteroatoms. The van der Waals surface area contributed by atoms with Crippen molar-refractivity contribution in [1.82, 2.24) is 0 Å². The quantitative estimate of drug-likeness (QED) is 0.842. The molecule has 0 heterocycles. The summed E-state index contributed by atoms with van der Waals surface area (Å²) >= 11 is 0. The SMILES string of the molecule is COc1cc2c(cc1C)C=C[C@@H]1C(C)(C)[C@H](O)CC[C@@]21C. The van der Waals surface area contributed by atoms with Crippen LogP contribution in [0, 0.1) is 18.3 Å². The smallest absolute Gasteiger partial charge is 0.122 e. The Bertz CT molecular complexity index is 600. The van der Waals surface area contributed by atoms with E-state index in [1.165, 1.54) is 16.7 Å². The van der Waals surface area contributed by atoms with Gasteiger partial charge in [-0.15, -0.1) is 0 Å². The number of hydrogen-bond donors (Lipinski definition) is 1. The van der Waals surface area contributed by atoms with E-state index in [1.54, 1.807) is 7.11 Å². The van der Waals surface area contributed by atoms with Crippen molar-refractivity contribution < 1.29 is 9.84 Å². The molecule has 2 aliphatic carbocycles. The first kappa shape index (κ1) is 14.6. The van der Waals surface area contributed by atoms with E-state index in [4.69, 9.17) is 4.74 Å². The van der Waals surface area contributed by atoms with Gasteiger partial charge in [-0.1, -0.05) is 32.9 Å². The van der Waals surface area contributed by atoms with Gasteiger partial charge in [0.2, 0.25) is 0 Å². The van der Waals surface area contributed by atoms with E-state index in [2.05, 4.69) is 52.0 Å². The molecule has 114 valence electrons. The van der Waals surface area contributed by atoms with Gasteiger partial charge in [-0.05, 0) is 59.9 Å². The molecule has 0 bridgehead atoms. The number of allylic oxidation sites excluding steroid dienone is 1. The average molecular weight is 286 g/mol. The highest BCUT2D eigenvalue weighted by Gasteiger charge is 2.52. The van der Waals surface area contributed by atoms with Crippen molar-refractivity contribution in [3.63, 3.8) is 0 Å². The van der Waals surface area contributed by atoms with E-state index in [0.29, 0.717) is 5.92 Å². The molecular formula is C19H26O2. The van der Waals surface area contributed by atoms with Crippen molar-refractivity contribution in [3.8, 4) is 5.75 Å². The van der Waals surface area contributed by atoms with Gasteiger partial charge in [0.05, 0.1) is 13.2 Å². The van der Waals surface area contributed by atoms with Gasteiger partial charge in [0.25, 0.3) is 0 Å². The van der Waals surface area contributed by atoms with Crippen LogP contribution < -0.4 is 4.74 Å². The van der Waals surface area contributed by atoms with Crippen molar-refractivity contribution in [1.29, 1.82) is 0 Å². The number of fused-ring (bicyclic) bond motifs is 3. The normalized spacial score (nSPS) is 33.2. The van der Waals surface area contributed by atoms with Crippen LogP contribution in [0.15, 0.2) is 18.2 Å². The van der Waals surface area contributed by atoms with Crippen LogP contribution in [0.2, 0.25) is 0 Å². The first-order valence-electron chi connectivity index (χ1n) is 7.86. The molecule has 1 saturated carbocycles. The maximum absolute atomic E-state index is 10.4. The summed E-state index contributed by atoms with van der Waals surface area (Å²) in [6.07, 6.45) is 6.20. The number of ether oxygens (including phenoxy) is 1. The molecule has 0 aliphatic heterocycles. The molecule has 21 heavy (non-hydrogen) atoms. The molecule has 3 rings (SSSR count). The van der Waals surface area contributed by atoms with Crippen LogP contribution in [0.5, 0.6) is 5.75 Å². The van der Waals surface area contributed by atoms with E-state index < -0.39 is 0 Å². The molecule has 0 saturated heterocycles. The van der Waals surface area contributed by atoms with Gasteiger partial charge in [-0.25, -0.2) is 0 Å². The second-order valence-electron chi connectivity index (χ2n) is 7.54. The van der Waals surface area contributed by atoms with Crippen molar-refractivity contribution in [3.05, 3.63) is 34.9 Å². The van der Waals surface area contributed by atoms with Gasteiger partial charge in [-0.3, -0.25) is 0 Å². The van der Waals surface area contributed by atoms with Gasteiger partial charge in [0.1, 0.15) is 5.75 Å². The number of methoxy groups -OCH3 is 1. The molecular weight excluding hydrogens is 260 g/mol. The van der Waals surface area contributed by atoms with E-state index in [1.807, 2.05) is 0 Å². The van der Waals surface area contributed by atoms with Crippen LogP contribution in [0.3, 0.4) is 0 Å². The number of hydrogen-bond acceptors (Lipinski definition) is 2. The Morgan fingerprint density at radius 2 is 1.95 bits per heavy atom. The Labute approximate surface area is 127 Å². The minimum absolute atomic E-state index is 0.0772. The molecule has 1 fully saturated rings. The Balaban J connectivity index is 2.17. The summed E-state index contributed by atoms with van der Waals surface area (Å²) in [5, 5.41) is 10.4. The third-order valence-electron chi connectivity index (χ3n) is 5.93. The van der Waals surface area contributed by atoms with Gasteiger partial charge in [-0.2, -0.15) is 0 Å². The third-order valence-corrected chi connectivity index (χ3v) is 5.93. The zero-order valence-electron chi connectivity index (χ0n) is 13.7. The minimum Gasteiger partial charge on any atom is -0.496 e. The van der Waals surface area contributed by atoms with E-state index in [0.717, 1.165) is 18.6 Å². The van der Waals surface area contributed by atoms with Crippen molar-refractivity contribution >= 4 is 6.08 Å². The molecule has 0 spiro atoms. The molecule has 0 unspecified atom stereocenters. The molecule has 3 atom stereocenters. The van der Waals surface area contributed by atoms with E-state index in [-0.39, 0.29) is 16.9 Å². The fourth-order valence-corrected chi connectivity index (χ4v) is 4.52. The molecule has 0 amide bonds. The number of rotatable bonds is 1. The van der Waals surface area contributed by atoms with Crippen LogP contribution in [-0.4, -0.2) is 18.3 Å². The molecule has 0 aromatic heterocycles. The summed E-state index contributed by atoms with van der Waals surface area (Å²) in [4.78, 5) is 0. The lowest BCUT2D eigenvalue weighted by molar-refractivity contribution is -0.0482. The minimum atomic E-state index is -0.228. The molecule has 0 radical (unpaired) electrons. The van der Waals surface area contributed by atoms with Crippen LogP contribution >= 0.6 is 0 Å². The number of aliphatic hydroxyl groups excluding tert-OH is 1. The number of aryl methyl sites for hydroxylation is 1. The third kappa shape index (κ3) is 1.96. The van der Waals surface area contributed by atoms with Gasteiger partial charge in [0, 0.05) is 5.41 Å². The van der Waals surface area contributed by atoms with Gasteiger partial charge >= 0.3 is 0 Å². The summed E-state index contributed by atoms with van der Waals surface area (Å²) < 4.78 is 5.54. The summed E-state index contributed by atoms with van der Waals surface area (Å²) in [5.41, 5.74) is 3.84. The van der Waals surface area contributed by atoms with Gasteiger partial charge in [0.15, 0.2) is 0 Å². The van der Waals surface area contributed by atoms with Crippen LogP contribution in [0.1, 0.15) is 50.3 Å². The van der Waals surface area contributed by atoms with Gasteiger partial charge < -0.3 is 9.84 Å². The maximum Gasteiger partial charge on any atom is 0.122 e. The summed E-state index contributed by atoms with van der Waals surface area (Å²) in [6, 6.07) is 4.44. The molecule has 2 nitrogen and oxygen atoms in total. The second-order valence-corrected chi connectivity index (χ2v) is 7.54. The maximum atomic E-state index is 10.4.